The number of ether oxygens (including phenoxy) is 2. The third-order valence-corrected chi connectivity index (χ3v) is 4.41. The average Bonchev–Trinajstić information content (AvgIpc) is 3.04. The molecule has 0 aliphatic rings. The van der Waals surface area contributed by atoms with E-state index in [1.165, 1.54) is 14.0 Å². The number of hydrogen-bond donors (Lipinski definition) is 1. The second-order valence-corrected chi connectivity index (χ2v) is 7.69. The zero-order valence-corrected chi connectivity index (χ0v) is 17.3. The van der Waals surface area contributed by atoms with Gasteiger partial charge in [0.15, 0.2) is 23.9 Å². The maximum absolute atomic E-state index is 12.5. The van der Waals surface area contributed by atoms with Crippen LogP contribution < -0.4 is 14.8 Å². The summed E-state index contributed by atoms with van der Waals surface area (Å²) in [4.78, 5) is 28.6. The number of anilines is 1. The van der Waals surface area contributed by atoms with Crippen LogP contribution in [0.5, 0.6) is 11.5 Å². The zero-order valence-electron chi connectivity index (χ0n) is 17.3. The SMILES string of the molecule is COc1cc(C(C)=O)ccc1OCC(=O)Nc1nc2ccccc2n1C(C)(C)C. The number of para-hydroxylation sites is 2. The highest BCUT2D eigenvalue weighted by Gasteiger charge is 2.22. The molecule has 0 saturated heterocycles. The Bertz CT molecular complexity index is 1060. The molecular weight excluding hydrogens is 370 g/mol. The van der Waals surface area contributed by atoms with Crippen LogP contribution in [0, 0.1) is 0 Å². The van der Waals surface area contributed by atoms with Crippen molar-refractivity contribution >= 4 is 28.7 Å². The van der Waals surface area contributed by atoms with E-state index in [0.717, 1.165) is 11.0 Å². The van der Waals surface area contributed by atoms with Crippen molar-refractivity contribution < 1.29 is 19.1 Å². The number of rotatable bonds is 6. The van der Waals surface area contributed by atoms with E-state index in [9.17, 15) is 9.59 Å². The van der Waals surface area contributed by atoms with Crippen LogP contribution in [-0.4, -0.2) is 35.0 Å². The molecule has 1 heterocycles. The number of methoxy groups -OCH3 is 1. The molecule has 7 heteroatoms. The molecule has 0 radical (unpaired) electrons. The van der Waals surface area contributed by atoms with Gasteiger partial charge in [-0.05, 0) is 58.0 Å². The predicted octanol–water partition coefficient (Wildman–Crippen LogP) is 4.02. The molecule has 0 atom stereocenters. The second kappa shape index (κ2) is 7.95. The highest BCUT2D eigenvalue weighted by molar-refractivity contribution is 5.95. The van der Waals surface area contributed by atoms with Crippen molar-refractivity contribution in [3.8, 4) is 11.5 Å². The number of ketones is 1. The van der Waals surface area contributed by atoms with Gasteiger partial charge in [-0.2, -0.15) is 0 Å². The molecule has 0 aliphatic carbocycles. The number of aromatic nitrogens is 2. The summed E-state index contributed by atoms with van der Waals surface area (Å²) >= 11 is 0. The van der Waals surface area contributed by atoms with Crippen molar-refractivity contribution in [2.45, 2.75) is 33.2 Å². The second-order valence-electron chi connectivity index (χ2n) is 7.69. The third-order valence-electron chi connectivity index (χ3n) is 4.41. The van der Waals surface area contributed by atoms with Crippen LogP contribution in [-0.2, 0) is 10.3 Å². The molecule has 0 saturated carbocycles. The monoisotopic (exact) mass is 395 g/mol. The summed E-state index contributed by atoms with van der Waals surface area (Å²) in [5.41, 5.74) is 1.99. The number of hydrogen-bond acceptors (Lipinski definition) is 5. The van der Waals surface area contributed by atoms with Gasteiger partial charge in [-0.1, -0.05) is 12.1 Å². The number of amides is 1. The molecule has 3 rings (SSSR count). The van der Waals surface area contributed by atoms with E-state index in [1.54, 1.807) is 18.2 Å². The molecule has 7 nitrogen and oxygen atoms in total. The van der Waals surface area contributed by atoms with Gasteiger partial charge in [0.05, 0.1) is 18.1 Å². The van der Waals surface area contributed by atoms with Crippen molar-refractivity contribution in [2.24, 2.45) is 0 Å². The molecule has 0 aliphatic heterocycles. The molecule has 0 spiro atoms. The van der Waals surface area contributed by atoms with Gasteiger partial charge in [0.1, 0.15) is 0 Å². The first kappa shape index (κ1) is 20.4. The van der Waals surface area contributed by atoms with Gasteiger partial charge in [0.25, 0.3) is 5.91 Å². The Morgan fingerprint density at radius 3 is 2.48 bits per heavy atom. The van der Waals surface area contributed by atoms with Gasteiger partial charge in [0.2, 0.25) is 5.95 Å². The topological polar surface area (TPSA) is 82.4 Å². The normalized spacial score (nSPS) is 11.3. The van der Waals surface area contributed by atoms with Crippen LogP contribution in [0.2, 0.25) is 0 Å². The molecular formula is C22H25N3O4. The molecule has 1 amide bonds. The smallest absolute Gasteiger partial charge is 0.264 e. The van der Waals surface area contributed by atoms with Crippen LogP contribution >= 0.6 is 0 Å². The van der Waals surface area contributed by atoms with Gasteiger partial charge >= 0.3 is 0 Å². The number of carbonyl (C=O) groups excluding carboxylic acids is 2. The molecule has 29 heavy (non-hydrogen) atoms. The lowest BCUT2D eigenvalue weighted by molar-refractivity contribution is -0.118. The Kier molecular flexibility index (Phi) is 5.59. The summed E-state index contributed by atoms with van der Waals surface area (Å²) in [6.07, 6.45) is 0. The summed E-state index contributed by atoms with van der Waals surface area (Å²) in [5, 5.41) is 2.84. The Morgan fingerprint density at radius 2 is 1.83 bits per heavy atom. The first-order valence-corrected chi connectivity index (χ1v) is 9.30. The number of imidazole rings is 1. The highest BCUT2D eigenvalue weighted by Crippen LogP contribution is 2.29. The van der Waals surface area contributed by atoms with Gasteiger partial charge in [0, 0.05) is 11.1 Å². The lowest BCUT2D eigenvalue weighted by Gasteiger charge is -2.24. The molecule has 0 bridgehead atoms. The summed E-state index contributed by atoms with van der Waals surface area (Å²) in [6.45, 7) is 7.41. The van der Waals surface area contributed by atoms with E-state index in [4.69, 9.17) is 9.47 Å². The maximum atomic E-state index is 12.5. The Morgan fingerprint density at radius 1 is 1.10 bits per heavy atom. The number of carbonyl (C=O) groups is 2. The minimum atomic E-state index is -0.344. The lowest BCUT2D eigenvalue weighted by Crippen LogP contribution is -2.28. The molecule has 152 valence electrons. The molecule has 2 aromatic carbocycles. The van der Waals surface area contributed by atoms with Crippen LogP contribution in [0.4, 0.5) is 5.95 Å². The van der Waals surface area contributed by atoms with Crippen LogP contribution in [0.25, 0.3) is 11.0 Å². The zero-order chi connectivity index (χ0) is 21.2. The number of nitrogens with one attached hydrogen (secondary N) is 1. The molecule has 1 aromatic heterocycles. The van der Waals surface area contributed by atoms with E-state index < -0.39 is 0 Å². The van der Waals surface area contributed by atoms with Crippen molar-refractivity contribution in [3.63, 3.8) is 0 Å². The van der Waals surface area contributed by atoms with E-state index in [1.807, 2.05) is 28.8 Å². The largest absolute Gasteiger partial charge is 0.493 e. The molecule has 0 fully saturated rings. The standard InChI is InChI=1S/C22H25N3O4/c1-14(26)15-10-11-18(19(12-15)28-5)29-13-20(27)24-21-23-16-8-6-7-9-17(16)25(21)22(2,3)4/h6-12H,13H2,1-5H3,(H,23,24,27). The quantitative estimate of drug-likeness (QED) is 0.638. The minimum Gasteiger partial charge on any atom is -0.493 e. The predicted molar refractivity (Wildman–Crippen MR) is 112 cm³/mol. The summed E-state index contributed by atoms with van der Waals surface area (Å²) < 4.78 is 12.9. The van der Waals surface area contributed by atoms with Crippen molar-refractivity contribution in [2.75, 3.05) is 19.0 Å². The van der Waals surface area contributed by atoms with Gasteiger partial charge < -0.3 is 14.0 Å². The van der Waals surface area contributed by atoms with Crippen molar-refractivity contribution in [1.29, 1.82) is 0 Å². The summed E-state index contributed by atoms with van der Waals surface area (Å²) in [6, 6.07) is 12.6. The number of Topliss-reactive ketones (excluding diaryl/α,β-unsaturated/α-hetero) is 1. The fourth-order valence-electron chi connectivity index (χ4n) is 3.10. The van der Waals surface area contributed by atoms with E-state index in [0.29, 0.717) is 23.0 Å². The van der Waals surface area contributed by atoms with Crippen molar-refractivity contribution in [3.05, 3.63) is 48.0 Å². The van der Waals surface area contributed by atoms with Crippen LogP contribution in [0.1, 0.15) is 38.1 Å². The van der Waals surface area contributed by atoms with Crippen LogP contribution in [0.15, 0.2) is 42.5 Å². The van der Waals surface area contributed by atoms with Gasteiger partial charge in [-0.25, -0.2) is 4.98 Å². The minimum absolute atomic E-state index is 0.0753. The Labute approximate surface area is 169 Å². The third kappa shape index (κ3) is 4.39. The van der Waals surface area contributed by atoms with E-state index in [2.05, 4.69) is 31.1 Å². The number of nitrogens with zero attached hydrogens (tertiary/aromatic N) is 2. The molecule has 3 aromatic rings. The van der Waals surface area contributed by atoms with E-state index >= 15 is 0 Å². The van der Waals surface area contributed by atoms with Gasteiger partial charge in [-0.15, -0.1) is 0 Å². The maximum Gasteiger partial charge on any atom is 0.264 e. The summed E-state index contributed by atoms with van der Waals surface area (Å²) in [5.74, 6) is 0.827. The fourth-order valence-corrected chi connectivity index (χ4v) is 3.10. The lowest BCUT2D eigenvalue weighted by atomic mass is 10.1. The van der Waals surface area contributed by atoms with Crippen molar-refractivity contribution in [1.82, 2.24) is 9.55 Å². The average molecular weight is 395 g/mol. The highest BCUT2D eigenvalue weighted by atomic mass is 16.5. The molecule has 0 unspecified atom stereocenters. The Balaban J connectivity index is 1.78. The summed E-state index contributed by atoms with van der Waals surface area (Å²) in [7, 11) is 1.48. The van der Waals surface area contributed by atoms with Gasteiger partial charge in [-0.3, -0.25) is 14.9 Å². The number of benzene rings is 2. The molecule has 1 N–H and O–H groups in total. The first-order valence-electron chi connectivity index (χ1n) is 9.30. The van der Waals surface area contributed by atoms with Crippen LogP contribution in [0.3, 0.4) is 0 Å². The van der Waals surface area contributed by atoms with E-state index in [-0.39, 0.29) is 23.8 Å². The fraction of sp³-hybridized carbons (Fsp3) is 0.318. The Hall–Kier alpha value is -3.35. The number of fused-ring (bicyclic) bond motifs is 1. The first-order chi connectivity index (χ1) is 13.7.